The molecule has 166 valence electrons. The lowest BCUT2D eigenvalue weighted by molar-refractivity contribution is -0.00356. The first-order valence-corrected chi connectivity index (χ1v) is 12.9. The minimum atomic E-state index is -3.33. The first-order chi connectivity index (χ1) is 14.4. The smallest absolute Gasteiger partial charge is 0.254 e. The fourth-order valence-electron chi connectivity index (χ4n) is 4.90. The zero-order valence-electron chi connectivity index (χ0n) is 18.0. The zero-order chi connectivity index (χ0) is 21.3. The number of aryl methyl sites for hydroxylation is 2. The second kappa shape index (κ2) is 8.97. The van der Waals surface area contributed by atoms with Crippen LogP contribution >= 0.6 is 0 Å². The van der Waals surface area contributed by atoms with Crippen LogP contribution in [0, 0.1) is 12.8 Å². The van der Waals surface area contributed by atoms with Crippen molar-refractivity contribution in [1.82, 2.24) is 9.29 Å². The Morgan fingerprint density at radius 2 is 1.87 bits per heavy atom. The van der Waals surface area contributed by atoms with Gasteiger partial charge in [-0.25, -0.2) is 13.1 Å². The van der Waals surface area contributed by atoms with Gasteiger partial charge in [-0.15, -0.1) is 0 Å². The van der Waals surface area contributed by atoms with Gasteiger partial charge in [-0.05, 0) is 77.2 Å². The molecule has 2 heterocycles. The van der Waals surface area contributed by atoms with Gasteiger partial charge in [-0.3, -0.25) is 4.79 Å². The second-order valence-corrected chi connectivity index (χ2v) is 11.1. The number of sulfonamides is 1. The lowest BCUT2D eigenvalue weighted by Crippen LogP contribution is -2.50. The van der Waals surface area contributed by atoms with Crippen molar-refractivity contribution in [2.75, 3.05) is 6.61 Å². The van der Waals surface area contributed by atoms with Crippen LogP contribution in [-0.2, 0) is 21.2 Å². The molecular formula is C23H34N2O4S. The van der Waals surface area contributed by atoms with E-state index in [2.05, 4.69) is 23.8 Å². The van der Waals surface area contributed by atoms with E-state index in [4.69, 9.17) is 4.74 Å². The minimum absolute atomic E-state index is 0.0341. The van der Waals surface area contributed by atoms with E-state index in [-0.39, 0.29) is 29.0 Å². The summed E-state index contributed by atoms with van der Waals surface area (Å²) in [6, 6.07) is 3.26. The Balaban J connectivity index is 1.52. The summed E-state index contributed by atoms with van der Waals surface area (Å²) in [4.78, 5) is 13.0. The summed E-state index contributed by atoms with van der Waals surface area (Å²) in [6.07, 6.45) is 11.7. The largest absolute Gasteiger partial charge is 0.376 e. The summed E-state index contributed by atoms with van der Waals surface area (Å²) in [6.45, 7) is 4.24. The number of nitrogens with one attached hydrogen (secondary N) is 1. The van der Waals surface area contributed by atoms with Crippen LogP contribution in [0.2, 0.25) is 0 Å². The van der Waals surface area contributed by atoms with Crippen molar-refractivity contribution in [3.8, 4) is 0 Å². The number of hydrogen-bond acceptors (Lipinski definition) is 4. The van der Waals surface area contributed by atoms with E-state index in [0.29, 0.717) is 30.9 Å². The Morgan fingerprint density at radius 3 is 2.53 bits per heavy atom. The molecule has 1 aromatic heterocycles. The van der Waals surface area contributed by atoms with E-state index in [0.717, 1.165) is 44.2 Å². The number of pyridine rings is 1. The number of aromatic nitrogens is 1. The first kappa shape index (κ1) is 21.8. The molecule has 4 rings (SSSR count). The Morgan fingerprint density at radius 1 is 1.13 bits per heavy atom. The molecular weight excluding hydrogens is 400 g/mol. The highest BCUT2D eigenvalue weighted by molar-refractivity contribution is 7.90. The summed E-state index contributed by atoms with van der Waals surface area (Å²) in [5.74, 6) is 0.633. The molecule has 0 saturated heterocycles. The fourth-order valence-corrected chi connectivity index (χ4v) is 6.55. The topological polar surface area (TPSA) is 77.4 Å². The van der Waals surface area contributed by atoms with Gasteiger partial charge in [0.15, 0.2) is 0 Å². The average molecular weight is 435 g/mol. The molecule has 2 saturated carbocycles. The van der Waals surface area contributed by atoms with E-state index in [1.807, 2.05) is 19.1 Å². The van der Waals surface area contributed by atoms with Gasteiger partial charge >= 0.3 is 0 Å². The molecule has 0 aromatic carbocycles. The van der Waals surface area contributed by atoms with Crippen LogP contribution in [0.25, 0.3) is 0 Å². The number of rotatable bonds is 7. The molecule has 6 nitrogen and oxygen atoms in total. The molecule has 3 aliphatic rings. The minimum Gasteiger partial charge on any atom is -0.376 e. The molecule has 0 amide bonds. The van der Waals surface area contributed by atoms with Crippen LogP contribution in [0.1, 0.15) is 69.2 Å². The molecule has 0 unspecified atom stereocenters. The number of hydrogen-bond donors (Lipinski definition) is 1. The van der Waals surface area contributed by atoms with E-state index in [1.165, 1.54) is 0 Å². The molecule has 2 atom stereocenters. The number of nitrogens with zero attached hydrogens (tertiary/aromatic N) is 1. The molecule has 2 aliphatic carbocycles. The maximum absolute atomic E-state index is 13.0. The lowest BCUT2D eigenvalue weighted by Gasteiger charge is -2.37. The van der Waals surface area contributed by atoms with Gasteiger partial charge in [-0.1, -0.05) is 18.2 Å². The number of fused-ring (bicyclic) bond motifs is 1. The van der Waals surface area contributed by atoms with Crippen LogP contribution in [0.5, 0.6) is 0 Å². The van der Waals surface area contributed by atoms with Gasteiger partial charge in [-0.2, -0.15) is 0 Å². The normalized spacial score (nSPS) is 29.8. The van der Waals surface area contributed by atoms with Gasteiger partial charge in [0.2, 0.25) is 10.0 Å². The van der Waals surface area contributed by atoms with Crippen molar-refractivity contribution in [2.45, 2.75) is 88.7 Å². The zero-order valence-corrected chi connectivity index (χ0v) is 18.9. The fraction of sp³-hybridized carbons (Fsp3) is 0.696. The third kappa shape index (κ3) is 4.73. The molecule has 30 heavy (non-hydrogen) atoms. The van der Waals surface area contributed by atoms with Crippen LogP contribution in [0.3, 0.4) is 0 Å². The molecule has 0 bridgehead atoms. The van der Waals surface area contributed by atoms with Crippen molar-refractivity contribution in [3.63, 3.8) is 0 Å². The quantitative estimate of drug-likeness (QED) is 0.669. The predicted octanol–water partition coefficient (Wildman–Crippen LogP) is 3.25. The van der Waals surface area contributed by atoms with Crippen molar-refractivity contribution < 1.29 is 13.2 Å². The van der Waals surface area contributed by atoms with Crippen molar-refractivity contribution in [2.24, 2.45) is 5.92 Å². The van der Waals surface area contributed by atoms with Crippen LogP contribution in [0.15, 0.2) is 29.1 Å². The van der Waals surface area contributed by atoms with E-state index in [9.17, 15) is 13.2 Å². The van der Waals surface area contributed by atoms with Gasteiger partial charge in [0, 0.05) is 17.3 Å². The van der Waals surface area contributed by atoms with Crippen LogP contribution < -0.4 is 10.3 Å². The Labute approximate surface area is 179 Å². The highest BCUT2D eigenvalue weighted by atomic mass is 32.2. The van der Waals surface area contributed by atoms with E-state index < -0.39 is 10.0 Å². The van der Waals surface area contributed by atoms with Gasteiger partial charge < -0.3 is 9.30 Å². The van der Waals surface area contributed by atoms with Crippen molar-refractivity contribution in [1.29, 1.82) is 0 Å². The summed E-state index contributed by atoms with van der Waals surface area (Å²) >= 11 is 0. The highest BCUT2D eigenvalue weighted by Gasteiger charge is 2.40. The van der Waals surface area contributed by atoms with Gasteiger partial charge in [0.05, 0.1) is 24.0 Å². The number of ether oxygens (including phenoxy) is 1. The van der Waals surface area contributed by atoms with Crippen molar-refractivity contribution in [3.05, 3.63) is 45.9 Å². The summed E-state index contributed by atoms with van der Waals surface area (Å²) < 4.78 is 36.3. The molecule has 0 radical (unpaired) electrons. The summed E-state index contributed by atoms with van der Waals surface area (Å²) in [5, 5.41) is -0.267. The molecule has 2 fully saturated rings. The predicted molar refractivity (Wildman–Crippen MR) is 118 cm³/mol. The SMILES string of the molecule is C/C=C\C1CCC(OC[C@H]2[C@@H](NS(=O)(=O)C3CC3)CCc3ccc(C)c(=O)n32)CC1. The van der Waals surface area contributed by atoms with Crippen molar-refractivity contribution >= 4 is 10.0 Å². The molecule has 1 aliphatic heterocycles. The summed E-state index contributed by atoms with van der Waals surface area (Å²) in [5.41, 5.74) is 1.62. The second-order valence-electron chi connectivity index (χ2n) is 9.15. The summed E-state index contributed by atoms with van der Waals surface area (Å²) in [7, 11) is -3.33. The lowest BCUT2D eigenvalue weighted by atomic mass is 9.87. The van der Waals surface area contributed by atoms with Crippen LogP contribution in [-0.4, -0.2) is 37.0 Å². The maximum Gasteiger partial charge on any atom is 0.254 e. The van der Waals surface area contributed by atoms with E-state index >= 15 is 0 Å². The third-order valence-corrected chi connectivity index (χ3v) is 8.84. The molecule has 1 N–H and O–H groups in total. The third-order valence-electron chi connectivity index (χ3n) is 6.86. The van der Waals surface area contributed by atoms with Crippen LogP contribution in [0.4, 0.5) is 0 Å². The Bertz CT molecular complexity index is 940. The Kier molecular flexibility index (Phi) is 6.51. The molecule has 1 aromatic rings. The maximum atomic E-state index is 13.0. The number of allylic oxidation sites excluding steroid dienone is 2. The monoisotopic (exact) mass is 434 g/mol. The highest BCUT2D eigenvalue weighted by Crippen LogP contribution is 2.32. The Hall–Kier alpha value is -1.44. The standard InChI is InChI=1S/C23H34N2O4S/c1-3-4-17-6-10-19(11-7-17)29-15-22-21(24-30(27,28)20-12-13-20)14-9-18-8-5-16(2)23(26)25(18)22/h3-5,8,17,19-22,24H,6-7,9-15H2,1-2H3/b4-3-/t17?,19?,21-,22-/m0/s1. The van der Waals surface area contributed by atoms with E-state index in [1.54, 1.807) is 4.57 Å². The first-order valence-electron chi connectivity index (χ1n) is 11.4. The van der Waals surface area contributed by atoms with Gasteiger partial charge in [0.25, 0.3) is 5.56 Å². The van der Waals surface area contributed by atoms with Gasteiger partial charge in [0.1, 0.15) is 0 Å². The molecule has 0 spiro atoms. The molecule has 7 heteroatoms. The average Bonchev–Trinajstić information content (AvgIpc) is 3.57.